The Morgan fingerprint density at radius 3 is 2.78 bits per heavy atom. The highest BCUT2D eigenvalue weighted by molar-refractivity contribution is 5.75. The molecule has 2 rings (SSSR count). The van der Waals surface area contributed by atoms with Crippen LogP contribution in [0.25, 0.3) is 0 Å². The van der Waals surface area contributed by atoms with Crippen LogP contribution >= 0.6 is 0 Å². The fraction of sp³-hybridized carbons (Fsp3) is 0.619. The molecule has 6 nitrogen and oxygen atoms in total. The number of esters is 1. The van der Waals surface area contributed by atoms with Crippen LogP contribution in [0.1, 0.15) is 44.6 Å². The Bertz CT molecular complexity index is 579. The smallest absolute Gasteiger partial charge is 0.323 e. The van der Waals surface area contributed by atoms with Crippen molar-refractivity contribution in [2.45, 2.75) is 57.5 Å². The largest absolute Gasteiger partial charge is 0.480 e. The zero-order valence-electron chi connectivity index (χ0n) is 16.2. The molecule has 0 spiro atoms. The van der Waals surface area contributed by atoms with Gasteiger partial charge in [-0.25, -0.2) is 0 Å². The van der Waals surface area contributed by atoms with E-state index in [4.69, 9.17) is 9.84 Å². The molecule has 1 aromatic rings. The SMILES string of the molecule is CCOC(=O)C(CCCc1ccccc1)N[C@H]1CCCCN(CC(=O)O)C1. The third-order valence-electron chi connectivity index (χ3n) is 4.92. The van der Waals surface area contributed by atoms with Gasteiger partial charge in [0.2, 0.25) is 0 Å². The van der Waals surface area contributed by atoms with E-state index in [0.717, 1.165) is 38.6 Å². The van der Waals surface area contributed by atoms with Crippen molar-refractivity contribution in [1.29, 1.82) is 0 Å². The molecule has 1 aliphatic rings. The summed E-state index contributed by atoms with van der Waals surface area (Å²) in [5.41, 5.74) is 1.27. The number of carbonyl (C=O) groups is 2. The van der Waals surface area contributed by atoms with Gasteiger partial charge in [-0.05, 0) is 51.1 Å². The maximum Gasteiger partial charge on any atom is 0.323 e. The molecule has 6 heteroatoms. The summed E-state index contributed by atoms with van der Waals surface area (Å²) in [4.78, 5) is 25.4. The van der Waals surface area contributed by atoms with Gasteiger partial charge < -0.3 is 15.2 Å². The third kappa shape index (κ3) is 8.10. The highest BCUT2D eigenvalue weighted by Crippen LogP contribution is 2.14. The summed E-state index contributed by atoms with van der Waals surface area (Å²) >= 11 is 0. The molecule has 1 aliphatic heterocycles. The highest BCUT2D eigenvalue weighted by atomic mass is 16.5. The van der Waals surface area contributed by atoms with E-state index in [0.29, 0.717) is 19.6 Å². The lowest BCUT2D eigenvalue weighted by Crippen LogP contribution is -2.49. The predicted octanol–water partition coefficient (Wildman–Crippen LogP) is 2.47. The van der Waals surface area contributed by atoms with Crippen LogP contribution in [0.3, 0.4) is 0 Å². The molecule has 1 heterocycles. The molecular weight excluding hydrogens is 344 g/mol. The van der Waals surface area contributed by atoms with Crippen molar-refractivity contribution in [3.05, 3.63) is 35.9 Å². The average molecular weight is 376 g/mol. The van der Waals surface area contributed by atoms with Crippen LogP contribution in [-0.4, -0.2) is 60.3 Å². The summed E-state index contributed by atoms with van der Waals surface area (Å²) in [5.74, 6) is -1.01. The Morgan fingerprint density at radius 2 is 2.07 bits per heavy atom. The normalized spacial score (nSPS) is 19.2. The molecule has 2 N–H and O–H groups in total. The second-order valence-electron chi connectivity index (χ2n) is 7.17. The summed E-state index contributed by atoms with van der Waals surface area (Å²) in [6.45, 7) is 3.68. The van der Waals surface area contributed by atoms with E-state index in [9.17, 15) is 9.59 Å². The molecule has 1 fully saturated rings. The molecule has 1 aromatic carbocycles. The van der Waals surface area contributed by atoms with Gasteiger partial charge in [-0.2, -0.15) is 0 Å². The lowest BCUT2D eigenvalue weighted by atomic mass is 10.0. The van der Waals surface area contributed by atoms with Crippen LogP contribution in [0.4, 0.5) is 0 Å². The summed E-state index contributed by atoms with van der Waals surface area (Å²) in [7, 11) is 0. The van der Waals surface area contributed by atoms with E-state index in [1.165, 1.54) is 5.56 Å². The number of carbonyl (C=O) groups excluding carboxylic acids is 1. The summed E-state index contributed by atoms with van der Waals surface area (Å²) < 4.78 is 5.26. The Kier molecular flexibility index (Phi) is 9.28. The minimum atomic E-state index is -0.805. The quantitative estimate of drug-likeness (QED) is 0.611. The molecule has 0 amide bonds. The lowest BCUT2D eigenvalue weighted by molar-refractivity contribution is -0.146. The van der Waals surface area contributed by atoms with E-state index in [1.54, 1.807) is 0 Å². The summed E-state index contributed by atoms with van der Waals surface area (Å²) in [6.07, 6.45) is 5.50. The zero-order chi connectivity index (χ0) is 19.5. The number of nitrogens with zero attached hydrogens (tertiary/aromatic N) is 1. The predicted molar refractivity (Wildman–Crippen MR) is 105 cm³/mol. The van der Waals surface area contributed by atoms with Crippen LogP contribution in [0.5, 0.6) is 0 Å². The van der Waals surface area contributed by atoms with E-state index >= 15 is 0 Å². The molecule has 0 saturated carbocycles. The van der Waals surface area contributed by atoms with Gasteiger partial charge in [0.25, 0.3) is 0 Å². The van der Waals surface area contributed by atoms with Crippen molar-refractivity contribution in [3.8, 4) is 0 Å². The summed E-state index contributed by atoms with van der Waals surface area (Å²) in [5, 5.41) is 12.5. The maximum absolute atomic E-state index is 12.4. The van der Waals surface area contributed by atoms with Crippen LogP contribution in [0.15, 0.2) is 30.3 Å². The van der Waals surface area contributed by atoms with Gasteiger partial charge in [-0.1, -0.05) is 36.8 Å². The number of carboxylic acids is 1. The van der Waals surface area contributed by atoms with Gasteiger partial charge >= 0.3 is 11.9 Å². The van der Waals surface area contributed by atoms with Gasteiger partial charge in [0.1, 0.15) is 6.04 Å². The average Bonchev–Trinajstić information content (AvgIpc) is 2.86. The van der Waals surface area contributed by atoms with Crippen LogP contribution in [0, 0.1) is 0 Å². The number of hydrogen-bond donors (Lipinski definition) is 2. The van der Waals surface area contributed by atoms with Crippen molar-refractivity contribution >= 4 is 11.9 Å². The first kappa shape index (κ1) is 21.4. The van der Waals surface area contributed by atoms with Gasteiger partial charge in [0, 0.05) is 12.6 Å². The fourth-order valence-electron chi connectivity index (χ4n) is 3.64. The molecule has 0 aliphatic carbocycles. The molecule has 27 heavy (non-hydrogen) atoms. The Balaban J connectivity index is 1.91. The first-order valence-electron chi connectivity index (χ1n) is 9.99. The van der Waals surface area contributed by atoms with Gasteiger partial charge in [-0.15, -0.1) is 0 Å². The number of aliphatic carboxylic acids is 1. The maximum atomic E-state index is 12.4. The Morgan fingerprint density at radius 1 is 1.30 bits per heavy atom. The molecule has 0 aromatic heterocycles. The molecular formula is C21H32N2O4. The summed E-state index contributed by atoms with van der Waals surface area (Å²) in [6, 6.07) is 10.0. The number of nitrogens with one attached hydrogen (secondary N) is 1. The third-order valence-corrected chi connectivity index (χ3v) is 4.92. The zero-order valence-corrected chi connectivity index (χ0v) is 16.2. The van der Waals surface area contributed by atoms with Gasteiger partial charge in [-0.3, -0.25) is 14.5 Å². The monoisotopic (exact) mass is 376 g/mol. The van der Waals surface area contributed by atoms with Crippen LogP contribution in [-0.2, 0) is 20.7 Å². The first-order chi connectivity index (χ1) is 13.1. The minimum absolute atomic E-state index is 0.0518. The molecule has 1 saturated heterocycles. The highest BCUT2D eigenvalue weighted by Gasteiger charge is 2.26. The van der Waals surface area contributed by atoms with Gasteiger partial charge in [0.05, 0.1) is 13.2 Å². The van der Waals surface area contributed by atoms with Crippen LogP contribution in [0.2, 0.25) is 0 Å². The second kappa shape index (κ2) is 11.7. The number of rotatable bonds is 10. The van der Waals surface area contributed by atoms with E-state index < -0.39 is 5.97 Å². The fourth-order valence-corrected chi connectivity index (χ4v) is 3.64. The first-order valence-corrected chi connectivity index (χ1v) is 9.99. The topological polar surface area (TPSA) is 78.9 Å². The van der Waals surface area contributed by atoms with Crippen molar-refractivity contribution < 1.29 is 19.4 Å². The van der Waals surface area contributed by atoms with Crippen molar-refractivity contribution in [2.75, 3.05) is 26.2 Å². The number of ether oxygens (including phenoxy) is 1. The standard InChI is InChI=1S/C21H32N2O4/c1-2-27-21(26)19(13-8-11-17-9-4-3-5-10-17)22-18-12-6-7-14-23(15-18)16-20(24)25/h3-5,9-10,18-19,22H,2,6-8,11-16H2,1H3,(H,24,25)/t18-,19?/m0/s1. The van der Waals surface area contributed by atoms with Crippen molar-refractivity contribution in [2.24, 2.45) is 0 Å². The second-order valence-corrected chi connectivity index (χ2v) is 7.17. The van der Waals surface area contributed by atoms with E-state index in [-0.39, 0.29) is 24.6 Å². The van der Waals surface area contributed by atoms with Gasteiger partial charge in [0.15, 0.2) is 0 Å². The number of hydrogen-bond acceptors (Lipinski definition) is 5. The number of benzene rings is 1. The van der Waals surface area contributed by atoms with E-state index in [2.05, 4.69) is 17.4 Å². The van der Waals surface area contributed by atoms with Crippen LogP contribution < -0.4 is 5.32 Å². The molecule has 0 radical (unpaired) electrons. The molecule has 1 unspecified atom stereocenters. The Labute approximate surface area is 161 Å². The van der Waals surface area contributed by atoms with Crippen molar-refractivity contribution in [1.82, 2.24) is 10.2 Å². The molecule has 0 bridgehead atoms. The van der Waals surface area contributed by atoms with E-state index in [1.807, 2.05) is 30.0 Å². The molecule has 2 atom stereocenters. The number of aryl methyl sites for hydroxylation is 1. The minimum Gasteiger partial charge on any atom is -0.480 e. The lowest BCUT2D eigenvalue weighted by Gasteiger charge is -2.27. The Hall–Kier alpha value is -1.92. The molecule has 150 valence electrons. The number of likely N-dealkylation sites (tertiary alicyclic amines) is 1. The number of carboxylic acid groups (broad SMARTS) is 1. The van der Waals surface area contributed by atoms with Crippen molar-refractivity contribution in [3.63, 3.8) is 0 Å².